The van der Waals surface area contributed by atoms with E-state index in [9.17, 15) is 9.90 Å². The number of nitrogens with zero attached hydrogens (tertiary/aromatic N) is 1. The fourth-order valence-corrected chi connectivity index (χ4v) is 2.26. The van der Waals surface area contributed by atoms with Gasteiger partial charge >= 0.3 is 0 Å². The molecule has 98 valence electrons. The van der Waals surface area contributed by atoms with E-state index in [1.165, 1.54) is 0 Å². The highest BCUT2D eigenvalue weighted by molar-refractivity contribution is 6.30. The van der Waals surface area contributed by atoms with Gasteiger partial charge in [-0.1, -0.05) is 23.7 Å². The monoisotopic (exact) mass is 268 g/mol. The zero-order chi connectivity index (χ0) is 13.0. The largest absolute Gasteiger partial charge is 0.387 e. The van der Waals surface area contributed by atoms with E-state index in [4.69, 9.17) is 11.6 Å². The Labute approximate surface area is 112 Å². The first-order valence-corrected chi connectivity index (χ1v) is 6.45. The number of benzene rings is 1. The van der Waals surface area contributed by atoms with Crippen molar-refractivity contribution in [2.24, 2.45) is 0 Å². The van der Waals surface area contributed by atoms with Gasteiger partial charge in [-0.3, -0.25) is 9.69 Å². The van der Waals surface area contributed by atoms with Gasteiger partial charge in [0.15, 0.2) is 0 Å². The van der Waals surface area contributed by atoms with Crippen LogP contribution in [0.5, 0.6) is 0 Å². The number of hydrogen-bond donors (Lipinski definition) is 2. The van der Waals surface area contributed by atoms with Gasteiger partial charge in [0.2, 0.25) is 5.91 Å². The summed E-state index contributed by atoms with van der Waals surface area (Å²) in [5.74, 6) is 0.0785. The van der Waals surface area contributed by atoms with Gasteiger partial charge in [-0.25, -0.2) is 0 Å². The average Bonchev–Trinajstić information content (AvgIpc) is 2.54. The summed E-state index contributed by atoms with van der Waals surface area (Å²) >= 11 is 5.90. The Balaban J connectivity index is 1.94. The predicted molar refractivity (Wildman–Crippen MR) is 70.5 cm³/mol. The molecule has 1 saturated heterocycles. The second-order valence-electron chi connectivity index (χ2n) is 4.47. The van der Waals surface area contributed by atoms with Crippen LogP contribution in [0.3, 0.4) is 0 Å². The summed E-state index contributed by atoms with van der Waals surface area (Å²) in [6.45, 7) is 2.61. The SMILES string of the molecule is O=C1CCN(CC(O)c2cccc(Cl)c2)CCN1. The fourth-order valence-electron chi connectivity index (χ4n) is 2.06. The van der Waals surface area contributed by atoms with E-state index >= 15 is 0 Å². The van der Waals surface area contributed by atoms with Crippen LogP contribution in [0, 0.1) is 0 Å². The standard InChI is InChI=1S/C13H17ClN2O2/c14-11-3-1-2-10(8-11)12(17)9-16-6-4-13(18)15-5-7-16/h1-3,8,12,17H,4-7,9H2,(H,15,18). The van der Waals surface area contributed by atoms with E-state index in [-0.39, 0.29) is 5.91 Å². The molecule has 2 rings (SSSR count). The second-order valence-corrected chi connectivity index (χ2v) is 4.91. The average molecular weight is 269 g/mol. The number of carbonyl (C=O) groups is 1. The van der Waals surface area contributed by atoms with Gasteiger partial charge < -0.3 is 10.4 Å². The van der Waals surface area contributed by atoms with Crippen molar-refractivity contribution in [3.05, 3.63) is 34.9 Å². The highest BCUT2D eigenvalue weighted by Gasteiger charge is 2.17. The highest BCUT2D eigenvalue weighted by atomic mass is 35.5. The molecule has 0 aliphatic carbocycles. The number of nitrogens with one attached hydrogen (secondary N) is 1. The van der Waals surface area contributed by atoms with Crippen molar-refractivity contribution >= 4 is 17.5 Å². The Morgan fingerprint density at radius 1 is 1.44 bits per heavy atom. The van der Waals surface area contributed by atoms with Gasteiger partial charge in [0.25, 0.3) is 0 Å². The summed E-state index contributed by atoms with van der Waals surface area (Å²) in [6, 6.07) is 7.24. The lowest BCUT2D eigenvalue weighted by molar-refractivity contribution is -0.120. The molecular formula is C13H17ClN2O2. The fraction of sp³-hybridized carbons (Fsp3) is 0.462. The zero-order valence-corrected chi connectivity index (χ0v) is 10.9. The van der Waals surface area contributed by atoms with Crippen molar-refractivity contribution < 1.29 is 9.90 Å². The van der Waals surface area contributed by atoms with Crippen LogP contribution in [-0.2, 0) is 4.79 Å². The van der Waals surface area contributed by atoms with Crippen LogP contribution in [0.4, 0.5) is 0 Å². The van der Waals surface area contributed by atoms with Gasteiger partial charge in [-0.05, 0) is 17.7 Å². The molecule has 18 heavy (non-hydrogen) atoms. The van der Waals surface area contributed by atoms with Crippen LogP contribution >= 0.6 is 11.6 Å². The molecule has 0 aromatic heterocycles. The number of aliphatic hydroxyl groups excluding tert-OH is 1. The van der Waals surface area contributed by atoms with Crippen molar-refractivity contribution in [2.75, 3.05) is 26.2 Å². The first-order chi connectivity index (χ1) is 8.65. The number of hydrogen-bond acceptors (Lipinski definition) is 3. The summed E-state index contributed by atoms with van der Waals surface area (Å²) in [6.07, 6.45) is -0.0840. The topological polar surface area (TPSA) is 52.6 Å². The van der Waals surface area contributed by atoms with Crippen molar-refractivity contribution in [1.29, 1.82) is 0 Å². The Morgan fingerprint density at radius 2 is 2.28 bits per heavy atom. The van der Waals surface area contributed by atoms with E-state index in [1.807, 2.05) is 12.1 Å². The van der Waals surface area contributed by atoms with Crippen LogP contribution in [-0.4, -0.2) is 42.1 Å². The van der Waals surface area contributed by atoms with Crippen LogP contribution in [0.25, 0.3) is 0 Å². The lowest BCUT2D eigenvalue weighted by atomic mass is 10.1. The molecule has 1 atom stereocenters. The van der Waals surface area contributed by atoms with Gasteiger partial charge in [-0.2, -0.15) is 0 Å². The van der Waals surface area contributed by atoms with Crippen LogP contribution in [0.1, 0.15) is 18.1 Å². The zero-order valence-electron chi connectivity index (χ0n) is 10.1. The molecule has 1 amide bonds. The second kappa shape index (κ2) is 6.18. The quantitative estimate of drug-likeness (QED) is 0.866. The Hall–Kier alpha value is -1.10. The highest BCUT2D eigenvalue weighted by Crippen LogP contribution is 2.18. The lowest BCUT2D eigenvalue weighted by Gasteiger charge is -2.22. The summed E-state index contributed by atoms with van der Waals surface area (Å²) in [7, 11) is 0. The molecule has 1 heterocycles. The maximum absolute atomic E-state index is 11.2. The van der Waals surface area contributed by atoms with Gasteiger partial charge in [-0.15, -0.1) is 0 Å². The minimum absolute atomic E-state index is 0.0785. The third kappa shape index (κ3) is 3.70. The summed E-state index contributed by atoms with van der Waals surface area (Å²) in [5, 5.41) is 13.6. The molecule has 2 N–H and O–H groups in total. The minimum atomic E-state index is -0.572. The van der Waals surface area contributed by atoms with Gasteiger partial charge in [0.1, 0.15) is 0 Å². The van der Waals surface area contributed by atoms with E-state index in [2.05, 4.69) is 10.2 Å². The van der Waals surface area contributed by atoms with Crippen molar-refractivity contribution in [3.63, 3.8) is 0 Å². The maximum Gasteiger partial charge on any atom is 0.221 e. The molecule has 1 aliphatic rings. The number of amides is 1. The van der Waals surface area contributed by atoms with Crippen LogP contribution in [0.2, 0.25) is 5.02 Å². The Kier molecular flexibility index (Phi) is 4.58. The van der Waals surface area contributed by atoms with Crippen molar-refractivity contribution in [3.8, 4) is 0 Å². The lowest BCUT2D eigenvalue weighted by Crippen LogP contribution is -2.32. The summed E-state index contributed by atoms with van der Waals surface area (Å²) in [4.78, 5) is 13.3. The molecular weight excluding hydrogens is 252 g/mol. The Bertz CT molecular complexity index is 425. The molecule has 0 spiro atoms. The maximum atomic E-state index is 11.2. The first kappa shape index (κ1) is 13.3. The molecule has 1 aromatic rings. The number of β-amino-alcohol motifs (C(OH)–C–C–N with tert-alkyl or cyclic N) is 1. The molecule has 5 heteroatoms. The van der Waals surface area contributed by atoms with E-state index in [0.717, 1.165) is 12.1 Å². The van der Waals surface area contributed by atoms with Crippen LogP contribution in [0.15, 0.2) is 24.3 Å². The third-order valence-electron chi connectivity index (χ3n) is 3.07. The van der Waals surface area contributed by atoms with E-state index in [1.54, 1.807) is 12.1 Å². The summed E-state index contributed by atoms with van der Waals surface area (Å²) < 4.78 is 0. The molecule has 0 saturated carbocycles. The van der Waals surface area contributed by atoms with Gasteiger partial charge in [0.05, 0.1) is 6.10 Å². The van der Waals surface area contributed by atoms with Crippen molar-refractivity contribution in [2.45, 2.75) is 12.5 Å². The predicted octanol–water partition coefficient (Wildman–Crippen LogP) is 1.20. The molecule has 1 fully saturated rings. The van der Waals surface area contributed by atoms with Crippen LogP contribution < -0.4 is 5.32 Å². The third-order valence-corrected chi connectivity index (χ3v) is 3.30. The number of halogens is 1. The van der Waals surface area contributed by atoms with E-state index < -0.39 is 6.10 Å². The normalized spacial score (nSPS) is 19.1. The molecule has 1 aliphatic heterocycles. The molecule has 4 nitrogen and oxygen atoms in total. The molecule has 1 aromatic carbocycles. The first-order valence-electron chi connectivity index (χ1n) is 6.08. The molecule has 1 unspecified atom stereocenters. The Morgan fingerprint density at radius 3 is 3.06 bits per heavy atom. The summed E-state index contributed by atoms with van der Waals surface area (Å²) in [5.41, 5.74) is 0.811. The molecule has 0 radical (unpaired) electrons. The van der Waals surface area contributed by atoms with Gasteiger partial charge in [0, 0.05) is 37.6 Å². The number of rotatable bonds is 3. The number of aliphatic hydroxyl groups is 1. The minimum Gasteiger partial charge on any atom is -0.387 e. The molecule has 0 bridgehead atoms. The smallest absolute Gasteiger partial charge is 0.221 e. The van der Waals surface area contributed by atoms with E-state index in [0.29, 0.717) is 31.1 Å². The van der Waals surface area contributed by atoms with Crippen molar-refractivity contribution in [1.82, 2.24) is 10.2 Å². The number of carbonyl (C=O) groups excluding carboxylic acids is 1.